The zero-order valence-electron chi connectivity index (χ0n) is 22.1. The largest absolute Gasteiger partial charge is 0.481 e. The molecule has 2 aliphatic carbocycles. The van der Waals surface area contributed by atoms with Crippen molar-refractivity contribution < 1.29 is 49.1 Å². The number of carboxylic acid groups (broad SMARTS) is 4. The van der Waals surface area contributed by atoms with Crippen molar-refractivity contribution in [1.82, 2.24) is 0 Å². The molecule has 0 saturated heterocycles. The molecule has 0 aliphatic heterocycles. The summed E-state index contributed by atoms with van der Waals surface area (Å²) in [7, 11) is 0. The van der Waals surface area contributed by atoms with Crippen LogP contribution in [0, 0.1) is 11.8 Å². The number of benzene rings is 2. The molecular formula is C31H28O10. The molecule has 4 unspecified atom stereocenters. The Bertz CT molecular complexity index is 1370. The van der Waals surface area contributed by atoms with Gasteiger partial charge in [-0.15, -0.1) is 0 Å². The van der Waals surface area contributed by atoms with Gasteiger partial charge in [0.1, 0.15) is 23.3 Å². The number of carboxylic acids is 4. The van der Waals surface area contributed by atoms with Crippen molar-refractivity contribution >= 4 is 23.9 Å². The van der Waals surface area contributed by atoms with E-state index in [1.165, 1.54) is 48.6 Å². The molecule has 4 N–H and O–H groups in total. The van der Waals surface area contributed by atoms with Crippen LogP contribution in [0.3, 0.4) is 0 Å². The predicted molar refractivity (Wildman–Crippen MR) is 146 cm³/mol. The lowest BCUT2D eigenvalue weighted by molar-refractivity contribution is -0.162. The summed E-state index contributed by atoms with van der Waals surface area (Å²) in [6.07, 6.45) is 10.7. The topological polar surface area (TPSA) is 168 Å². The van der Waals surface area contributed by atoms with E-state index in [-0.39, 0.29) is 11.5 Å². The molecule has 10 heteroatoms. The zero-order chi connectivity index (χ0) is 30.0. The Balaban J connectivity index is 1.56. The number of allylic oxidation sites excluding steroid dienone is 4. The first-order valence-corrected chi connectivity index (χ1v) is 12.6. The van der Waals surface area contributed by atoms with Crippen molar-refractivity contribution in [2.75, 3.05) is 0 Å². The quantitative estimate of drug-likeness (QED) is 0.332. The van der Waals surface area contributed by atoms with E-state index >= 15 is 0 Å². The van der Waals surface area contributed by atoms with E-state index in [9.17, 15) is 39.6 Å². The highest BCUT2D eigenvalue weighted by molar-refractivity contribution is 5.91. The second-order valence-electron chi connectivity index (χ2n) is 10.2. The van der Waals surface area contributed by atoms with Gasteiger partial charge in [0.2, 0.25) is 11.2 Å². The molecule has 2 aliphatic rings. The van der Waals surface area contributed by atoms with Gasteiger partial charge in [0.25, 0.3) is 0 Å². The number of aliphatic carboxylic acids is 4. The molecule has 212 valence electrons. The van der Waals surface area contributed by atoms with Gasteiger partial charge in [-0.1, -0.05) is 74.6 Å². The number of ether oxygens (including phenoxy) is 2. The summed E-state index contributed by atoms with van der Waals surface area (Å²) < 4.78 is 11.5. The average Bonchev–Trinajstić information content (AvgIpc) is 2.93. The van der Waals surface area contributed by atoms with Gasteiger partial charge in [0.05, 0.1) is 0 Å². The van der Waals surface area contributed by atoms with Crippen LogP contribution < -0.4 is 9.47 Å². The molecule has 4 rings (SSSR count). The molecular weight excluding hydrogens is 532 g/mol. The van der Waals surface area contributed by atoms with Gasteiger partial charge in [-0.05, 0) is 47.5 Å². The fourth-order valence-electron chi connectivity index (χ4n) is 4.90. The number of carbonyl (C=O) groups is 4. The molecule has 0 radical (unpaired) electrons. The first-order chi connectivity index (χ1) is 19.3. The van der Waals surface area contributed by atoms with E-state index in [2.05, 4.69) is 0 Å². The summed E-state index contributed by atoms with van der Waals surface area (Å²) >= 11 is 0. The van der Waals surface area contributed by atoms with Crippen LogP contribution in [0.5, 0.6) is 11.5 Å². The van der Waals surface area contributed by atoms with Gasteiger partial charge in [-0.25, -0.2) is 9.59 Å². The minimum absolute atomic E-state index is 0.170. The minimum Gasteiger partial charge on any atom is -0.481 e. The van der Waals surface area contributed by atoms with Crippen molar-refractivity contribution in [2.45, 2.75) is 30.5 Å². The standard InChI is InChI=1S/C31H28O10/c1-29(2,19-9-13-21(14-10-19)40-30(27(36)37)17-5-3-7-23(30)25(32)33)20-11-15-22(16-12-20)41-31(28(38)39)18-6-4-8-24(31)26(34)35/h3-18,23-24H,1-2H3,(H,32,33)(H,34,35)(H,36,37)(H,38,39). The number of hydrogen-bond donors (Lipinski definition) is 4. The Morgan fingerprint density at radius 2 is 0.951 bits per heavy atom. The Hall–Kier alpha value is -5.12. The van der Waals surface area contributed by atoms with Crippen LogP contribution in [-0.2, 0) is 24.6 Å². The van der Waals surface area contributed by atoms with E-state index in [1.807, 2.05) is 13.8 Å². The minimum atomic E-state index is -2.11. The third-order valence-electron chi connectivity index (χ3n) is 7.37. The summed E-state index contributed by atoms with van der Waals surface area (Å²) in [4.78, 5) is 47.7. The summed E-state index contributed by atoms with van der Waals surface area (Å²) in [5, 5.41) is 38.9. The van der Waals surface area contributed by atoms with Crippen LogP contribution >= 0.6 is 0 Å². The van der Waals surface area contributed by atoms with E-state index in [1.54, 1.807) is 48.5 Å². The summed E-state index contributed by atoms with van der Waals surface area (Å²) in [6.45, 7) is 3.89. The first-order valence-electron chi connectivity index (χ1n) is 12.6. The predicted octanol–water partition coefficient (Wildman–Crippen LogP) is 4.07. The molecule has 10 nitrogen and oxygen atoms in total. The fraction of sp³-hybridized carbons (Fsp3) is 0.226. The summed E-state index contributed by atoms with van der Waals surface area (Å²) in [6, 6.07) is 13.2. The van der Waals surface area contributed by atoms with Crippen LogP contribution in [0.15, 0.2) is 97.1 Å². The first kappa shape index (κ1) is 28.9. The molecule has 0 amide bonds. The molecule has 41 heavy (non-hydrogen) atoms. The molecule has 4 atom stereocenters. The Kier molecular flexibility index (Phi) is 7.61. The molecule has 0 fully saturated rings. The van der Waals surface area contributed by atoms with E-state index in [4.69, 9.17) is 9.47 Å². The average molecular weight is 561 g/mol. The van der Waals surface area contributed by atoms with Crippen LogP contribution in [0.4, 0.5) is 0 Å². The van der Waals surface area contributed by atoms with Gasteiger partial charge >= 0.3 is 23.9 Å². The maximum Gasteiger partial charge on any atom is 0.353 e. The van der Waals surface area contributed by atoms with E-state index in [0.717, 1.165) is 11.1 Å². The van der Waals surface area contributed by atoms with Gasteiger partial charge in [0, 0.05) is 5.41 Å². The van der Waals surface area contributed by atoms with Crippen LogP contribution in [0.25, 0.3) is 0 Å². The van der Waals surface area contributed by atoms with Crippen LogP contribution in [-0.4, -0.2) is 55.5 Å². The summed E-state index contributed by atoms with van der Waals surface area (Å²) in [5.74, 6) is -8.04. The lowest BCUT2D eigenvalue weighted by atomic mass is 9.78. The number of rotatable bonds is 10. The normalized spacial score (nSPS) is 24.9. The summed E-state index contributed by atoms with van der Waals surface area (Å²) in [5.41, 5.74) is -3.15. The van der Waals surface area contributed by atoms with E-state index in [0.29, 0.717) is 0 Å². The highest BCUT2D eigenvalue weighted by atomic mass is 16.5. The molecule has 0 bridgehead atoms. The van der Waals surface area contributed by atoms with Crippen molar-refractivity contribution in [2.24, 2.45) is 11.8 Å². The monoisotopic (exact) mass is 560 g/mol. The third kappa shape index (κ3) is 5.23. The SMILES string of the molecule is CC(C)(c1ccc(OC2(C(=O)O)C=CC=CC2C(=O)O)cc1)c1ccc(OC2(C(=O)O)C=CC=CC2C(=O)O)cc1. The van der Waals surface area contributed by atoms with Crippen LogP contribution in [0.2, 0.25) is 0 Å². The number of hydrogen-bond acceptors (Lipinski definition) is 6. The third-order valence-corrected chi connectivity index (χ3v) is 7.37. The maximum absolute atomic E-state index is 12.1. The molecule has 0 aromatic heterocycles. The lowest BCUT2D eigenvalue weighted by Gasteiger charge is -2.33. The molecule has 2 aromatic rings. The highest BCUT2D eigenvalue weighted by Gasteiger charge is 2.51. The van der Waals surface area contributed by atoms with E-state index < -0.39 is 52.3 Å². The second kappa shape index (κ2) is 10.8. The Morgan fingerprint density at radius 3 is 1.24 bits per heavy atom. The van der Waals surface area contributed by atoms with Crippen molar-refractivity contribution in [3.8, 4) is 11.5 Å². The second-order valence-corrected chi connectivity index (χ2v) is 10.2. The molecule has 0 saturated carbocycles. The highest BCUT2D eigenvalue weighted by Crippen LogP contribution is 2.37. The fourth-order valence-corrected chi connectivity index (χ4v) is 4.90. The van der Waals surface area contributed by atoms with Crippen molar-refractivity contribution in [1.29, 1.82) is 0 Å². The van der Waals surface area contributed by atoms with Crippen molar-refractivity contribution in [3.63, 3.8) is 0 Å². The maximum atomic E-state index is 12.1. The smallest absolute Gasteiger partial charge is 0.353 e. The van der Waals surface area contributed by atoms with Crippen molar-refractivity contribution in [3.05, 3.63) is 108 Å². The lowest BCUT2D eigenvalue weighted by Crippen LogP contribution is -2.52. The van der Waals surface area contributed by atoms with Gasteiger partial charge in [0.15, 0.2) is 0 Å². The Morgan fingerprint density at radius 1 is 0.610 bits per heavy atom. The molecule has 0 heterocycles. The Labute approximate surface area is 235 Å². The van der Waals surface area contributed by atoms with Gasteiger partial charge < -0.3 is 29.9 Å². The zero-order valence-corrected chi connectivity index (χ0v) is 22.1. The molecule has 0 spiro atoms. The van der Waals surface area contributed by atoms with Gasteiger partial charge in [-0.3, -0.25) is 9.59 Å². The molecule has 2 aromatic carbocycles. The van der Waals surface area contributed by atoms with Crippen LogP contribution in [0.1, 0.15) is 25.0 Å². The van der Waals surface area contributed by atoms with Gasteiger partial charge in [-0.2, -0.15) is 0 Å².